The normalized spacial score (nSPS) is 16.5. The summed E-state index contributed by atoms with van der Waals surface area (Å²) >= 11 is 0. The van der Waals surface area contributed by atoms with E-state index in [9.17, 15) is 9.18 Å². The van der Waals surface area contributed by atoms with Gasteiger partial charge < -0.3 is 14.1 Å². The van der Waals surface area contributed by atoms with Gasteiger partial charge in [-0.2, -0.15) is 0 Å². The van der Waals surface area contributed by atoms with Crippen LogP contribution in [-0.4, -0.2) is 35.5 Å². The van der Waals surface area contributed by atoms with E-state index in [2.05, 4.69) is 4.98 Å². The first kappa shape index (κ1) is 20.1. The first-order chi connectivity index (χ1) is 14.6. The Morgan fingerprint density at radius 2 is 2.13 bits per heavy atom. The van der Waals surface area contributed by atoms with Crippen LogP contribution in [0.25, 0.3) is 0 Å². The molecule has 0 bridgehead atoms. The smallest absolute Gasteiger partial charge is 0.260 e. The highest BCUT2D eigenvalue weighted by Crippen LogP contribution is 2.27. The molecule has 0 aliphatic carbocycles. The zero-order valence-electron chi connectivity index (χ0n) is 17.0. The third kappa shape index (κ3) is 4.87. The summed E-state index contributed by atoms with van der Waals surface area (Å²) in [6, 6.07) is 14.1. The molecule has 1 unspecified atom stereocenters. The van der Waals surface area contributed by atoms with Crippen LogP contribution in [0.1, 0.15) is 41.5 Å². The Bertz CT molecular complexity index is 1020. The lowest BCUT2D eigenvalue weighted by atomic mass is 9.98. The van der Waals surface area contributed by atoms with Gasteiger partial charge >= 0.3 is 0 Å². The van der Waals surface area contributed by atoms with Crippen molar-refractivity contribution in [2.75, 3.05) is 19.7 Å². The first-order valence-electron chi connectivity index (χ1n) is 10.2. The summed E-state index contributed by atoms with van der Waals surface area (Å²) in [5.74, 6) is 1.83. The number of benzene rings is 2. The maximum atomic E-state index is 13.4. The summed E-state index contributed by atoms with van der Waals surface area (Å²) < 4.78 is 25.0. The molecule has 4 rings (SSSR count). The maximum Gasteiger partial charge on any atom is 0.260 e. The van der Waals surface area contributed by atoms with Crippen molar-refractivity contribution < 1.29 is 18.3 Å². The average molecular weight is 408 g/mol. The molecule has 0 N–H and O–H groups in total. The number of ether oxygens (including phenoxy) is 1. The Hall–Kier alpha value is -3.15. The van der Waals surface area contributed by atoms with Crippen molar-refractivity contribution >= 4 is 5.91 Å². The van der Waals surface area contributed by atoms with Gasteiger partial charge in [-0.15, -0.1) is 0 Å². The van der Waals surface area contributed by atoms with Crippen molar-refractivity contribution in [3.05, 3.63) is 83.3 Å². The third-order valence-corrected chi connectivity index (χ3v) is 5.41. The van der Waals surface area contributed by atoms with E-state index >= 15 is 0 Å². The minimum atomic E-state index is -0.262. The maximum absolute atomic E-state index is 13.4. The van der Waals surface area contributed by atoms with E-state index in [0.29, 0.717) is 31.2 Å². The monoisotopic (exact) mass is 408 g/mol. The van der Waals surface area contributed by atoms with Crippen LogP contribution in [0.15, 0.2) is 59.1 Å². The highest BCUT2D eigenvalue weighted by atomic mass is 19.1. The second-order valence-corrected chi connectivity index (χ2v) is 7.70. The van der Waals surface area contributed by atoms with E-state index in [-0.39, 0.29) is 24.2 Å². The minimum Gasteiger partial charge on any atom is -0.484 e. The number of rotatable bonds is 6. The average Bonchev–Trinajstić information content (AvgIpc) is 3.21. The lowest BCUT2D eigenvalue weighted by Crippen LogP contribution is -2.41. The highest BCUT2D eigenvalue weighted by molar-refractivity contribution is 5.78. The van der Waals surface area contributed by atoms with E-state index < -0.39 is 0 Å². The van der Waals surface area contributed by atoms with E-state index in [1.807, 2.05) is 42.2 Å². The molecular weight excluding hydrogens is 383 g/mol. The fraction of sp³-hybridized carbons (Fsp3) is 0.333. The second kappa shape index (κ2) is 9.11. The molecule has 0 saturated carbocycles. The molecule has 1 amide bonds. The van der Waals surface area contributed by atoms with Gasteiger partial charge in [-0.05, 0) is 49.1 Å². The van der Waals surface area contributed by atoms with Gasteiger partial charge in [0.05, 0.1) is 12.1 Å². The molecule has 1 atom stereocenters. The summed E-state index contributed by atoms with van der Waals surface area (Å²) in [6.45, 7) is 3.26. The number of oxazole rings is 1. The lowest BCUT2D eigenvalue weighted by molar-refractivity contribution is -0.134. The summed E-state index contributed by atoms with van der Waals surface area (Å²) in [7, 11) is 0. The third-order valence-electron chi connectivity index (χ3n) is 5.41. The zero-order valence-corrected chi connectivity index (χ0v) is 17.0. The molecule has 6 heteroatoms. The number of likely N-dealkylation sites (tertiary alicyclic amines) is 1. The van der Waals surface area contributed by atoms with E-state index in [1.165, 1.54) is 12.1 Å². The Balaban J connectivity index is 1.35. The molecule has 1 fully saturated rings. The van der Waals surface area contributed by atoms with Crippen LogP contribution in [-0.2, 0) is 11.2 Å². The molecule has 1 aromatic heterocycles. The van der Waals surface area contributed by atoms with Gasteiger partial charge in [-0.3, -0.25) is 4.79 Å². The Labute approximate surface area is 175 Å². The molecule has 156 valence electrons. The predicted molar refractivity (Wildman–Crippen MR) is 111 cm³/mol. The number of nitrogens with zero attached hydrogens (tertiary/aromatic N) is 2. The van der Waals surface area contributed by atoms with Crippen molar-refractivity contribution in [3.63, 3.8) is 0 Å². The van der Waals surface area contributed by atoms with Gasteiger partial charge in [0.2, 0.25) is 0 Å². The minimum absolute atomic E-state index is 0.0218. The molecule has 30 heavy (non-hydrogen) atoms. The number of amides is 1. The van der Waals surface area contributed by atoms with Crippen LogP contribution in [0.5, 0.6) is 5.75 Å². The van der Waals surface area contributed by atoms with Gasteiger partial charge in [0.15, 0.2) is 12.5 Å². The van der Waals surface area contributed by atoms with Gasteiger partial charge in [0.25, 0.3) is 5.91 Å². The number of hydrogen-bond donors (Lipinski definition) is 0. The van der Waals surface area contributed by atoms with Crippen LogP contribution >= 0.6 is 0 Å². The first-order valence-corrected chi connectivity index (χ1v) is 10.2. The SMILES string of the molecule is Cc1ccccc1OCC(=O)N1CCCC(c2ncc(Cc3cccc(F)c3)o2)C1. The number of aryl methyl sites for hydroxylation is 1. The topological polar surface area (TPSA) is 55.6 Å². The van der Waals surface area contributed by atoms with Crippen LogP contribution in [0.3, 0.4) is 0 Å². The highest BCUT2D eigenvalue weighted by Gasteiger charge is 2.28. The van der Waals surface area contributed by atoms with Crippen molar-refractivity contribution in [3.8, 4) is 5.75 Å². The molecule has 1 saturated heterocycles. The summed E-state index contributed by atoms with van der Waals surface area (Å²) in [4.78, 5) is 18.9. The quantitative estimate of drug-likeness (QED) is 0.603. The van der Waals surface area contributed by atoms with Crippen LogP contribution in [0.2, 0.25) is 0 Å². The molecule has 0 radical (unpaired) electrons. The molecule has 2 aromatic carbocycles. The van der Waals surface area contributed by atoms with E-state index in [4.69, 9.17) is 9.15 Å². The molecule has 1 aliphatic heterocycles. The van der Waals surface area contributed by atoms with Gasteiger partial charge in [0, 0.05) is 19.5 Å². The van der Waals surface area contributed by atoms with Crippen LogP contribution < -0.4 is 4.74 Å². The zero-order chi connectivity index (χ0) is 20.9. The largest absolute Gasteiger partial charge is 0.484 e. The number of hydrogen-bond acceptors (Lipinski definition) is 4. The number of carbonyl (C=O) groups is 1. The summed E-state index contributed by atoms with van der Waals surface area (Å²) in [5, 5.41) is 0. The standard InChI is InChI=1S/C24H25FN2O3/c1-17-6-2-3-10-22(17)29-16-23(28)27-11-5-8-19(15-27)24-26-14-21(30-24)13-18-7-4-9-20(25)12-18/h2-4,6-7,9-10,12,14,19H,5,8,11,13,15-16H2,1H3. The number of carbonyl (C=O) groups excluding carboxylic acids is 1. The van der Waals surface area contributed by atoms with Gasteiger partial charge in [0.1, 0.15) is 17.3 Å². The van der Waals surface area contributed by atoms with Crippen molar-refractivity contribution in [1.29, 1.82) is 0 Å². The Kier molecular flexibility index (Phi) is 6.12. The van der Waals surface area contributed by atoms with E-state index in [0.717, 1.165) is 29.7 Å². The van der Waals surface area contributed by atoms with Crippen LogP contribution in [0.4, 0.5) is 4.39 Å². The number of piperidine rings is 1. The number of para-hydroxylation sites is 1. The number of aromatic nitrogens is 1. The number of halogens is 1. The molecule has 3 aromatic rings. The fourth-order valence-electron chi connectivity index (χ4n) is 3.80. The molecule has 1 aliphatic rings. The lowest BCUT2D eigenvalue weighted by Gasteiger charge is -2.31. The Morgan fingerprint density at radius 1 is 1.27 bits per heavy atom. The van der Waals surface area contributed by atoms with Crippen molar-refractivity contribution in [2.24, 2.45) is 0 Å². The van der Waals surface area contributed by atoms with Crippen molar-refractivity contribution in [2.45, 2.75) is 32.1 Å². The molecule has 2 heterocycles. The molecular formula is C24H25FN2O3. The molecule has 5 nitrogen and oxygen atoms in total. The summed E-state index contributed by atoms with van der Waals surface area (Å²) in [6.07, 6.45) is 4.00. The predicted octanol–water partition coefficient (Wildman–Crippen LogP) is 4.50. The van der Waals surface area contributed by atoms with Crippen molar-refractivity contribution in [1.82, 2.24) is 9.88 Å². The van der Waals surface area contributed by atoms with Gasteiger partial charge in [-0.1, -0.05) is 30.3 Å². The second-order valence-electron chi connectivity index (χ2n) is 7.70. The fourth-order valence-corrected chi connectivity index (χ4v) is 3.80. The van der Waals surface area contributed by atoms with E-state index in [1.54, 1.807) is 12.3 Å². The van der Waals surface area contributed by atoms with Crippen LogP contribution in [0, 0.1) is 12.7 Å². The van der Waals surface area contributed by atoms with Gasteiger partial charge in [-0.25, -0.2) is 9.37 Å². The molecule has 0 spiro atoms. The Morgan fingerprint density at radius 3 is 2.97 bits per heavy atom. The summed E-state index contributed by atoms with van der Waals surface area (Å²) in [5.41, 5.74) is 1.85.